The third-order valence-corrected chi connectivity index (χ3v) is 4.10. The van der Waals surface area contributed by atoms with Crippen LogP contribution in [0.25, 0.3) is 0 Å². The van der Waals surface area contributed by atoms with Gasteiger partial charge in [0.1, 0.15) is 5.69 Å². The Hall–Kier alpha value is -0.510. The largest absolute Gasteiger partial charge is 0.433 e. The van der Waals surface area contributed by atoms with E-state index >= 15 is 0 Å². The zero-order valence-corrected chi connectivity index (χ0v) is 13.4. The molecule has 110 valence electrons. The van der Waals surface area contributed by atoms with Gasteiger partial charge in [-0.3, -0.25) is 4.98 Å². The minimum absolute atomic E-state index is 0.274. The number of nitrogens with zero attached hydrogens (tertiary/aromatic N) is 2. The number of pyridine rings is 1. The van der Waals surface area contributed by atoms with Crippen LogP contribution in [0.2, 0.25) is 0 Å². The van der Waals surface area contributed by atoms with Gasteiger partial charge in [0.2, 0.25) is 0 Å². The smallest absolute Gasteiger partial charge is 0.251 e. The van der Waals surface area contributed by atoms with Crippen LogP contribution in [0, 0.1) is 0 Å². The van der Waals surface area contributed by atoms with Crippen molar-refractivity contribution >= 4 is 36.0 Å². The average molecular weight is 415 g/mol. The fourth-order valence-electron chi connectivity index (χ4n) is 2.29. The lowest BCUT2D eigenvalue weighted by Crippen LogP contribution is -2.15. The van der Waals surface area contributed by atoms with Gasteiger partial charge < -0.3 is 0 Å². The van der Waals surface area contributed by atoms with Crippen molar-refractivity contribution in [1.82, 2.24) is 9.82 Å². The van der Waals surface area contributed by atoms with E-state index in [4.69, 9.17) is 0 Å². The van der Waals surface area contributed by atoms with E-state index in [1.54, 1.807) is 6.07 Å². The van der Waals surface area contributed by atoms with Crippen molar-refractivity contribution in [3.05, 3.63) is 29.6 Å². The Kier molecular flexibility index (Phi) is 5.53. The number of alkyl halides is 3. The van der Waals surface area contributed by atoms with E-state index in [2.05, 4.69) is 36.1 Å². The summed E-state index contributed by atoms with van der Waals surface area (Å²) in [6.45, 7) is 0. The first-order chi connectivity index (χ1) is 9.50. The molecule has 1 fully saturated rings. The monoisotopic (exact) mass is 415 g/mol. The van der Waals surface area contributed by atoms with Crippen LogP contribution < -0.4 is 4.83 Å². The molecule has 0 aliphatic heterocycles. The second-order valence-corrected chi connectivity index (χ2v) is 6.25. The predicted molar refractivity (Wildman–Crippen MR) is 82.6 cm³/mol. The standard InChI is InChI=1S/C12H13F3IN3S/c13-12(14,15)11-6-3-9(7-17-11)8-1-4-10(5-2-8)18-19-20-16/h3,6-8,19H,1-2,4-5H2. The number of hydrogen-bond acceptors (Lipinski definition) is 4. The predicted octanol–water partition coefficient (Wildman–Crippen LogP) is 4.70. The third kappa shape index (κ3) is 4.24. The first-order valence-electron chi connectivity index (χ1n) is 6.12. The minimum atomic E-state index is -4.37. The molecule has 0 radical (unpaired) electrons. The molecule has 8 heteroatoms. The van der Waals surface area contributed by atoms with E-state index in [1.165, 1.54) is 15.3 Å². The third-order valence-electron chi connectivity index (χ3n) is 3.35. The number of nitrogens with one attached hydrogen (secondary N) is 1. The highest BCUT2D eigenvalue weighted by Crippen LogP contribution is 2.33. The van der Waals surface area contributed by atoms with Crippen molar-refractivity contribution in [3.63, 3.8) is 0 Å². The fraction of sp³-hybridized carbons (Fsp3) is 0.500. The number of halogens is 4. The fourth-order valence-corrected chi connectivity index (χ4v) is 2.75. The maximum Gasteiger partial charge on any atom is 0.433 e. The van der Waals surface area contributed by atoms with Crippen LogP contribution in [-0.2, 0) is 6.18 Å². The number of aromatic nitrogens is 1. The molecule has 0 unspecified atom stereocenters. The van der Waals surface area contributed by atoms with Gasteiger partial charge in [0.15, 0.2) is 0 Å². The lowest BCUT2D eigenvalue weighted by molar-refractivity contribution is -0.141. The van der Waals surface area contributed by atoms with Gasteiger partial charge in [-0.05, 0) is 43.2 Å². The Morgan fingerprint density at radius 1 is 1.30 bits per heavy atom. The topological polar surface area (TPSA) is 37.3 Å². The van der Waals surface area contributed by atoms with Gasteiger partial charge >= 0.3 is 6.18 Å². The summed E-state index contributed by atoms with van der Waals surface area (Å²) >= 11 is 2.10. The normalized spacial score (nSPS) is 19.8. The van der Waals surface area contributed by atoms with E-state index in [9.17, 15) is 13.2 Å². The molecule has 20 heavy (non-hydrogen) atoms. The van der Waals surface area contributed by atoms with Crippen molar-refractivity contribution < 1.29 is 13.2 Å². The van der Waals surface area contributed by atoms with E-state index in [1.807, 2.05) is 0 Å². The van der Waals surface area contributed by atoms with Crippen LogP contribution in [0.15, 0.2) is 23.4 Å². The SMILES string of the molecule is FC(F)(F)c1ccc(C2CCC(=NNSI)CC2)cn1. The molecule has 1 heterocycles. The summed E-state index contributed by atoms with van der Waals surface area (Å²) in [5.74, 6) is 0.274. The molecule has 1 aliphatic carbocycles. The molecular weight excluding hydrogens is 402 g/mol. The summed E-state index contributed by atoms with van der Waals surface area (Å²) in [4.78, 5) is 6.37. The Morgan fingerprint density at radius 2 is 2.00 bits per heavy atom. The molecule has 0 atom stereocenters. The molecule has 0 bridgehead atoms. The number of rotatable bonds is 3. The number of hydrazone groups is 1. The van der Waals surface area contributed by atoms with Crippen LogP contribution in [0.4, 0.5) is 13.2 Å². The Morgan fingerprint density at radius 3 is 2.50 bits per heavy atom. The van der Waals surface area contributed by atoms with Crippen molar-refractivity contribution in [1.29, 1.82) is 0 Å². The first kappa shape index (κ1) is 15.9. The molecule has 0 aromatic carbocycles. The molecule has 3 nitrogen and oxygen atoms in total. The van der Waals surface area contributed by atoms with Gasteiger partial charge in [-0.25, -0.2) is 4.83 Å². The number of hydrogen-bond donors (Lipinski definition) is 1. The molecule has 0 spiro atoms. The van der Waals surface area contributed by atoms with Gasteiger partial charge in [0.05, 0.1) is 0 Å². The molecule has 1 saturated carbocycles. The van der Waals surface area contributed by atoms with Gasteiger partial charge in [-0.1, -0.05) is 6.07 Å². The summed E-state index contributed by atoms with van der Waals surface area (Å²) in [6, 6.07) is 2.61. The van der Waals surface area contributed by atoms with Gasteiger partial charge in [-0.15, -0.1) is 0 Å². The summed E-state index contributed by atoms with van der Waals surface area (Å²) in [5, 5.41) is 4.23. The van der Waals surface area contributed by atoms with Crippen LogP contribution in [0.5, 0.6) is 0 Å². The van der Waals surface area contributed by atoms with Gasteiger partial charge in [-0.2, -0.15) is 18.3 Å². The molecule has 0 amide bonds. The van der Waals surface area contributed by atoms with Crippen LogP contribution in [0.3, 0.4) is 0 Å². The second-order valence-electron chi connectivity index (χ2n) is 4.60. The van der Waals surface area contributed by atoms with E-state index in [0.717, 1.165) is 43.0 Å². The summed E-state index contributed by atoms with van der Waals surface area (Å²) < 4.78 is 37.3. The lowest BCUT2D eigenvalue weighted by atomic mass is 9.84. The Bertz CT molecular complexity index is 466. The highest BCUT2D eigenvalue weighted by molar-refractivity contribution is 14.2. The summed E-state index contributed by atoms with van der Waals surface area (Å²) in [6.07, 6.45) is 0.535. The highest BCUT2D eigenvalue weighted by Gasteiger charge is 2.32. The molecule has 2 rings (SSSR count). The molecule has 1 aromatic heterocycles. The van der Waals surface area contributed by atoms with E-state index in [-0.39, 0.29) is 5.92 Å². The maximum atomic E-state index is 12.4. The van der Waals surface area contributed by atoms with Crippen LogP contribution in [-0.4, -0.2) is 10.7 Å². The summed E-state index contributed by atoms with van der Waals surface area (Å²) in [7, 11) is 1.41. The zero-order chi connectivity index (χ0) is 14.6. The van der Waals surface area contributed by atoms with Crippen molar-refractivity contribution in [3.8, 4) is 0 Å². The average Bonchev–Trinajstić information content (AvgIpc) is 2.45. The van der Waals surface area contributed by atoms with Crippen LogP contribution in [0.1, 0.15) is 42.9 Å². The van der Waals surface area contributed by atoms with Crippen molar-refractivity contribution in [2.24, 2.45) is 5.10 Å². The zero-order valence-electron chi connectivity index (χ0n) is 10.5. The molecule has 1 aliphatic rings. The van der Waals surface area contributed by atoms with Gasteiger partial charge in [0.25, 0.3) is 0 Å². The van der Waals surface area contributed by atoms with Crippen LogP contribution >= 0.6 is 30.3 Å². The maximum absolute atomic E-state index is 12.4. The highest BCUT2D eigenvalue weighted by atomic mass is 127. The molecule has 0 saturated heterocycles. The van der Waals surface area contributed by atoms with Gasteiger partial charge in [0, 0.05) is 42.2 Å². The Labute approximate surface area is 131 Å². The first-order valence-corrected chi connectivity index (χ1v) is 9.48. The molecule has 1 aromatic rings. The summed E-state index contributed by atoms with van der Waals surface area (Å²) in [5.41, 5.74) is 1.17. The van der Waals surface area contributed by atoms with E-state index in [0.29, 0.717) is 0 Å². The lowest BCUT2D eigenvalue weighted by Gasteiger charge is -2.23. The Balaban J connectivity index is 1.97. The minimum Gasteiger partial charge on any atom is -0.251 e. The second kappa shape index (κ2) is 6.97. The van der Waals surface area contributed by atoms with Crippen molar-refractivity contribution in [2.75, 3.05) is 0 Å². The molecule has 1 N–H and O–H groups in total. The van der Waals surface area contributed by atoms with Crippen molar-refractivity contribution in [2.45, 2.75) is 37.8 Å². The molecular formula is C12H13F3IN3S. The van der Waals surface area contributed by atoms with E-state index < -0.39 is 11.9 Å². The quantitative estimate of drug-likeness (QED) is 0.442.